The minimum atomic E-state index is -0.879. The number of likely N-dealkylation sites (tertiary alicyclic amines) is 1. The Morgan fingerprint density at radius 2 is 2.15 bits per heavy atom. The first-order valence-electron chi connectivity index (χ1n) is 7.06. The molecule has 0 radical (unpaired) electrons. The number of fused-ring (bicyclic) bond motifs is 3. The van der Waals surface area contributed by atoms with Gasteiger partial charge in [0.2, 0.25) is 5.91 Å². The lowest BCUT2D eigenvalue weighted by molar-refractivity contribution is -0.138. The quantitative estimate of drug-likeness (QED) is 0.853. The molecule has 0 bridgehead atoms. The summed E-state index contributed by atoms with van der Waals surface area (Å²) in [7, 11) is 1.89. The summed E-state index contributed by atoms with van der Waals surface area (Å²) in [5, 5.41) is 9.11. The Kier molecular flexibility index (Phi) is 2.85. The van der Waals surface area contributed by atoms with Crippen LogP contribution in [0.3, 0.4) is 0 Å². The number of aryl methyl sites for hydroxylation is 1. The molecule has 106 valence electrons. The molecule has 4 nitrogen and oxygen atoms in total. The van der Waals surface area contributed by atoms with Gasteiger partial charge in [0, 0.05) is 24.9 Å². The molecule has 3 rings (SSSR count). The summed E-state index contributed by atoms with van der Waals surface area (Å²) >= 11 is 0. The van der Waals surface area contributed by atoms with Gasteiger partial charge in [-0.15, -0.1) is 0 Å². The smallest absolute Gasteiger partial charge is 0.335 e. The number of aromatic carboxylic acids is 1. The first kappa shape index (κ1) is 13.2. The maximum atomic E-state index is 11.9. The number of hydrogen-bond acceptors (Lipinski definition) is 2. The molecule has 1 N–H and O–H groups in total. The summed E-state index contributed by atoms with van der Waals surface area (Å²) in [6.07, 6.45) is 3.17. The fourth-order valence-electron chi connectivity index (χ4n) is 3.92. The number of hydrogen-bond donors (Lipinski definition) is 1. The van der Waals surface area contributed by atoms with Crippen LogP contribution in [0.1, 0.15) is 47.7 Å². The van der Waals surface area contributed by atoms with Crippen molar-refractivity contribution in [2.45, 2.75) is 44.1 Å². The van der Waals surface area contributed by atoms with Gasteiger partial charge in [-0.3, -0.25) is 4.79 Å². The Morgan fingerprint density at radius 3 is 2.85 bits per heavy atom. The fraction of sp³-hybridized carbons (Fsp3) is 0.500. The highest BCUT2D eigenvalue weighted by Gasteiger charge is 2.46. The Hall–Kier alpha value is -1.84. The first-order valence-corrected chi connectivity index (χ1v) is 7.06. The Bertz CT molecular complexity index is 595. The van der Waals surface area contributed by atoms with Crippen LogP contribution in [0.15, 0.2) is 18.2 Å². The molecular weight excluding hydrogens is 254 g/mol. The third kappa shape index (κ3) is 1.74. The maximum Gasteiger partial charge on any atom is 0.335 e. The molecule has 1 aromatic rings. The molecule has 1 aliphatic heterocycles. The fourth-order valence-corrected chi connectivity index (χ4v) is 3.92. The Morgan fingerprint density at radius 1 is 1.40 bits per heavy atom. The monoisotopic (exact) mass is 273 g/mol. The number of benzene rings is 1. The Balaban J connectivity index is 2.07. The second-order valence-electron chi connectivity index (χ2n) is 6.15. The summed E-state index contributed by atoms with van der Waals surface area (Å²) in [6.45, 7) is 2.21. The van der Waals surface area contributed by atoms with Crippen LogP contribution < -0.4 is 0 Å². The van der Waals surface area contributed by atoms with Crippen molar-refractivity contribution in [1.29, 1.82) is 0 Å². The van der Waals surface area contributed by atoms with Crippen molar-refractivity contribution in [3.63, 3.8) is 0 Å². The van der Waals surface area contributed by atoms with E-state index < -0.39 is 5.97 Å². The molecule has 1 saturated heterocycles. The highest BCUT2D eigenvalue weighted by atomic mass is 16.4. The van der Waals surface area contributed by atoms with Gasteiger partial charge in [0.15, 0.2) is 0 Å². The van der Waals surface area contributed by atoms with Crippen molar-refractivity contribution in [3.8, 4) is 0 Å². The van der Waals surface area contributed by atoms with Gasteiger partial charge in [0.05, 0.1) is 5.56 Å². The lowest BCUT2D eigenvalue weighted by Gasteiger charge is -2.50. The van der Waals surface area contributed by atoms with Gasteiger partial charge in [-0.1, -0.05) is 13.0 Å². The van der Waals surface area contributed by atoms with Crippen molar-refractivity contribution in [3.05, 3.63) is 34.9 Å². The highest BCUT2D eigenvalue weighted by Crippen LogP contribution is 2.45. The van der Waals surface area contributed by atoms with Gasteiger partial charge in [0.1, 0.15) is 0 Å². The van der Waals surface area contributed by atoms with Crippen LogP contribution in [0.5, 0.6) is 0 Å². The van der Waals surface area contributed by atoms with Crippen molar-refractivity contribution >= 4 is 11.9 Å². The molecule has 1 amide bonds. The zero-order valence-corrected chi connectivity index (χ0v) is 11.8. The Labute approximate surface area is 118 Å². The molecule has 1 heterocycles. The van der Waals surface area contributed by atoms with E-state index in [0.717, 1.165) is 24.8 Å². The number of carbonyl (C=O) groups is 2. The number of carboxylic acids is 1. The van der Waals surface area contributed by atoms with E-state index in [9.17, 15) is 9.59 Å². The van der Waals surface area contributed by atoms with E-state index >= 15 is 0 Å². The number of likely N-dealkylation sites (N-methyl/N-ethyl adjacent to an activating group) is 1. The van der Waals surface area contributed by atoms with Crippen LogP contribution in [-0.2, 0) is 16.6 Å². The van der Waals surface area contributed by atoms with Gasteiger partial charge < -0.3 is 10.0 Å². The minimum Gasteiger partial charge on any atom is -0.478 e. The predicted molar refractivity (Wildman–Crippen MR) is 74.9 cm³/mol. The molecule has 0 unspecified atom stereocenters. The van der Waals surface area contributed by atoms with E-state index in [1.54, 1.807) is 12.1 Å². The van der Waals surface area contributed by atoms with Gasteiger partial charge >= 0.3 is 5.97 Å². The van der Waals surface area contributed by atoms with Crippen LogP contribution in [0.2, 0.25) is 0 Å². The molecule has 2 atom stereocenters. The predicted octanol–water partition coefficient (Wildman–Crippen LogP) is 2.21. The van der Waals surface area contributed by atoms with E-state index in [1.165, 1.54) is 5.56 Å². The third-order valence-corrected chi connectivity index (χ3v) is 5.11. The summed E-state index contributed by atoms with van der Waals surface area (Å²) in [5.74, 6) is -0.658. The molecule has 0 spiro atoms. The van der Waals surface area contributed by atoms with E-state index in [0.29, 0.717) is 12.0 Å². The van der Waals surface area contributed by atoms with Crippen LogP contribution in [0, 0.1) is 0 Å². The molecule has 0 saturated carbocycles. The van der Waals surface area contributed by atoms with Gasteiger partial charge in [0.25, 0.3) is 0 Å². The molecule has 1 fully saturated rings. The lowest BCUT2D eigenvalue weighted by Crippen LogP contribution is -2.56. The average molecular weight is 273 g/mol. The summed E-state index contributed by atoms with van der Waals surface area (Å²) in [5.41, 5.74) is 2.66. The van der Waals surface area contributed by atoms with Crippen molar-refractivity contribution in [1.82, 2.24) is 4.90 Å². The lowest BCUT2D eigenvalue weighted by atomic mass is 9.63. The van der Waals surface area contributed by atoms with Gasteiger partial charge in [-0.25, -0.2) is 4.79 Å². The topological polar surface area (TPSA) is 57.6 Å². The molecule has 1 aromatic carbocycles. The van der Waals surface area contributed by atoms with E-state index in [4.69, 9.17) is 5.11 Å². The number of piperidine rings is 1. The molecular formula is C16H19NO3. The first-order chi connectivity index (χ1) is 9.43. The van der Waals surface area contributed by atoms with E-state index in [-0.39, 0.29) is 17.4 Å². The second kappa shape index (κ2) is 4.33. The number of nitrogens with zero attached hydrogens (tertiary/aromatic N) is 1. The summed E-state index contributed by atoms with van der Waals surface area (Å²) in [6, 6.07) is 5.67. The van der Waals surface area contributed by atoms with Gasteiger partial charge in [-0.2, -0.15) is 0 Å². The number of carboxylic acid groups (broad SMARTS) is 1. The minimum absolute atomic E-state index is 0.0483. The maximum absolute atomic E-state index is 11.9. The SMILES string of the molecule is CN1C(=O)CC[C@]2(C)c3ccc(C(=O)O)cc3CC[C@@H]12. The van der Waals surface area contributed by atoms with Crippen molar-refractivity contribution in [2.75, 3.05) is 7.05 Å². The normalized spacial score (nSPS) is 28.8. The highest BCUT2D eigenvalue weighted by molar-refractivity contribution is 5.88. The van der Waals surface area contributed by atoms with Crippen LogP contribution >= 0.6 is 0 Å². The third-order valence-electron chi connectivity index (χ3n) is 5.11. The molecule has 1 aliphatic carbocycles. The average Bonchev–Trinajstić information content (AvgIpc) is 2.43. The molecule has 2 aliphatic rings. The molecule has 4 heteroatoms. The van der Waals surface area contributed by atoms with E-state index in [2.05, 4.69) is 6.92 Å². The zero-order chi connectivity index (χ0) is 14.5. The van der Waals surface area contributed by atoms with Crippen molar-refractivity contribution < 1.29 is 14.7 Å². The number of rotatable bonds is 1. The number of carbonyl (C=O) groups excluding carboxylic acids is 1. The zero-order valence-electron chi connectivity index (χ0n) is 11.8. The second-order valence-corrected chi connectivity index (χ2v) is 6.15. The van der Waals surface area contributed by atoms with Crippen LogP contribution in [-0.4, -0.2) is 35.0 Å². The largest absolute Gasteiger partial charge is 0.478 e. The summed E-state index contributed by atoms with van der Waals surface area (Å²) in [4.78, 5) is 24.9. The molecule has 20 heavy (non-hydrogen) atoms. The van der Waals surface area contributed by atoms with Crippen LogP contribution in [0.4, 0.5) is 0 Å². The van der Waals surface area contributed by atoms with Crippen molar-refractivity contribution in [2.24, 2.45) is 0 Å². The van der Waals surface area contributed by atoms with Gasteiger partial charge in [-0.05, 0) is 42.5 Å². The summed E-state index contributed by atoms with van der Waals surface area (Å²) < 4.78 is 0. The molecule has 0 aromatic heterocycles. The van der Waals surface area contributed by atoms with E-state index in [1.807, 2.05) is 18.0 Å². The number of amides is 1. The van der Waals surface area contributed by atoms with Crippen LogP contribution in [0.25, 0.3) is 0 Å². The standard InChI is InChI=1S/C16H19NO3/c1-16-8-7-14(18)17(2)13(16)6-4-10-9-11(15(19)20)3-5-12(10)16/h3,5,9,13H,4,6-8H2,1-2H3,(H,19,20)/t13-,16-/m1/s1.